The second kappa shape index (κ2) is 10.9. The average molecular weight is 594 g/mol. The lowest BCUT2D eigenvalue weighted by molar-refractivity contribution is 1.07. The minimum atomic E-state index is -1.86. The largest absolute Gasteiger partial charge is 0.208 e. The molecule has 6 aromatic carbocycles. The van der Waals surface area contributed by atoms with Crippen LogP contribution in [0.5, 0.6) is 0 Å². The van der Waals surface area contributed by atoms with E-state index in [0.29, 0.717) is 17.5 Å². The highest BCUT2D eigenvalue weighted by molar-refractivity contribution is 7.03. The van der Waals surface area contributed by atoms with E-state index in [-0.39, 0.29) is 0 Å². The van der Waals surface area contributed by atoms with E-state index >= 15 is 0 Å². The molecule has 2 heterocycles. The van der Waals surface area contributed by atoms with Gasteiger partial charge in [-0.05, 0) is 55.9 Å². The van der Waals surface area contributed by atoms with Gasteiger partial charge >= 0.3 is 0 Å². The number of rotatable bonds is 5. The van der Waals surface area contributed by atoms with Crippen LogP contribution in [-0.2, 0) is 0 Å². The maximum absolute atomic E-state index is 5.20. The van der Waals surface area contributed by atoms with Crippen LogP contribution < -0.4 is 10.4 Å². The van der Waals surface area contributed by atoms with E-state index in [9.17, 15) is 0 Å². The number of hydrogen-bond donors (Lipinski definition) is 0. The van der Waals surface area contributed by atoms with Crippen molar-refractivity contribution in [2.24, 2.45) is 0 Å². The number of benzene rings is 6. The van der Waals surface area contributed by atoms with Crippen LogP contribution in [0.4, 0.5) is 0 Å². The Morgan fingerprint density at radius 3 is 1.56 bits per heavy atom. The molecule has 0 spiro atoms. The van der Waals surface area contributed by atoms with Gasteiger partial charge in [0.1, 0.15) is 8.07 Å². The summed E-state index contributed by atoms with van der Waals surface area (Å²) in [6.45, 7) is 4.88. The van der Waals surface area contributed by atoms with Gasteiger partial charge in [-0.15, -0.1) is 0 Å². The predicted octanol–water partition coefficient (Wildman–Crippen LogP) is 9.01. The average Bonchev–Trinajstić information content (AvgIpc) is 3.34. The smallest absolute Gasteiger partial charge is 0.164 e. The summed E-state index contributed by atoms with van der Waals surface area (Å²) in [6, 6.07) is 53.5. The molecule has 8 rings (SSSR count). The molecule has 0 atom stereocenters. The quantitative estimate of drug-likeness (QED) is 0.187. The number of aromatic nitrogens is 3. The number of fused-ring (bicyclic) bond motifs is 3. The van der Waals surface area contributed by atoms with Crippen LogP contribution in [0.25, 0.3) is 67.5 Å². The number of hydrogen-bond acceptors (Lipinski definition) is 3. The molecule has 0 saturated heterocycles. The van der Waals surface area contributed by atoms with Crippen molar-refractivity contribution in [2.45, 2.75) is 13.1 Å². The molecule has 0 N–H and O–H groups in total. The Morgan fingerprint density at radius 1 is 0.333 bits per heavy atom. The molecule has 0 fully saturated rings. The lowest BCUT2D eigenvalue weighted by Gasteiger charge is -2.19. The van der Waals surface area contributed by atoms with E-state index in [0.717, 1.165) is 33.4 Å². The Labute approximate surface area is 265 Å². The third kappa shape index (κ3) is 4.80. The van der Waals surface area contributed by atoms with Gasteiger partial charge in [0.2, 0.25) is 0 Å². The van der Waals surface area contributed by atoms with Crippen molar-refractivity contribution >= 4 is 18.4 Å². The van der Waals surface area contributed by atoms with Crippen LogP contribution in [0.2, 0.25) is 13.1 Å². The molecule has 4 heteroatoms. The molecule has 1 aliphatic rings. The van der Waals surface area contributed by atoms with Gasteiger partial charge in [0.25, 0.3) is 0 Å². The molecule has 1 aromatic heterocycles. The third-order valence-electron chi connectivity index (χ3n) is 8.96. The first-order chi connectivity index (χ1) is 22.1. The Hall–Kier alpha value is -5.45. The van der Waals surface area contributed by atoms with Gasteiger partial charge in [0, 0.05) is 16.7 Å². The SMILES string of the molecule is C[Si]1(C)c2ccccc2-c2ccc(-c3nc(-c4ccccc4)nc(-c4ccc(-c5ccccc5)cc4-c4ccccc4)n3)cc21. The molecule has 0 unspecified atom stereocenters. The molecule has 0 amide bonds. The fourth-order valence-corrected chi connectivity index (χ4v) is 9.69. The zero-order chi connectivity index (χ0) is 30.4. The van der Waals surface area contributed by atoms with Gasteiger partial charge in [0.05, 0.1) is 0 Å². The first-order valence-electron chi connectivity index (χ1n) is 15.4. The maximum atomic E-state index is 5.20. The lowest BCUT2D eigenvalue weighted by atomic mass is 9.94. The van der Waals surface area contributed by atoms with Crippen molar-refractivity contribution in [3.8, 4) is 67.5 Å². The second-order valence-electron chi connectivity index (χ2n) is 12.1. The van der Waals surface area contributed by atoms with Gasteiger partial charge in [-0.1, -0.05) is 153 Å². The van der Waals surface area contributed by atoms with Gasteiger partial charge < -0.3 is 0 Å². The molecule has 7 aromatic rings. The Kier molecular flexibility index (Phi) is 6.58. The Bertz CT molecular complexity index is 2180. The van der Waals surface area contributed by atoms with E-state index in [4.69, 9.17) is 15.0 Å². The van der Waals surface area contributed by atoms with E-state index < -0.39 is 8.07 Å². The van der Waals surface area contributed by atoms with E-state index in [2.05, 4.69) is 147 Å². The minimum Gasteiger partial charge on any atom is -0.208 e. The summed E-state index contributed by atoms with van der Waals surface area (Å²) in [5.41, 5.74) is 10.2. The summed E-state index contributed by atoms with van der Waals surface area (Å²) in [4.78, 5) is 15.4. The topological polar surface area (TPSA) is 38.7 Å². The normalized spacial score (nSPS) is 12.8. The van der Waals surface area contributed by atoms with Gasteiger partial charge in [-0.2, -0.15) is 0 Å². The van der Waals surface area contributed by atoms with Crippen LogP contribution in [0.3, 0.4) is 0 Å². The highest BCUT2D eigenvalue weighted by Gasteiger charge is 2.37. The molecular formula is C41H31N3Si. The fourth-order valence-electron chi connectivity index (χ4n) is 6.59. The zero-order valence-corrected chi connectivity index (χ0v) is 26.3. The van der Waals surface area contributed by atoms with Crippen molar-refractivity contribution in [2.75, 3.05) is 0 Å². The van der Waals surface area contributed by atoms with E-state index in [1.165, 1.54) is 27.1 Å². The Balaban J connectivity index is 1.33. The summed E-state index contributed by atoms with van der Waals surface area (Å²) >= 11 is 0. The van der Waals surface area contributed by atoms with Crippen LogP contribution in [0, 0.1) is 0 Å². The van der Waals surface area contributed by atoms with Crippen molar-refractivity contribution in [1.29, 1.82) is 0 Å². The van der Waals surface area contributed by atoms with Crippen LogP contribution in [0.15, 0.2) is 152 Å². The zero-order valence-electron chi connectivity index (χ0n) is 25.3. The highest BCUT2D eigenvalue weighted by atomic mass is 28.3. The van der Waals surface area contributed by atoms with E-state index in [1.54, 1.807) is 0 Å². The molecule has 0 bridgehead atoms. The van der Waals surface area contributed by atoms with Gasteiger partial charge in [0.15, 0.2) is 17.5 Å². The first-order valence-corrected chi connectivity index (χ1v) is 18.4. The Morgan fingerprint density at radius 2 is 0.844 bits per heavy atom. The van der Waals surface area contributed by atoms with Crippen molar-refractivity contribution in [1.82, 2.24) is 15.0 Å². The molecular weight excluding hydrogens is 563 g/mol. The standard InChI is InChI=1S/C41H31N3Si/c1-45(2)37-21-13-12-20-33(37)34-24-23-32(27-38(34)45)40-42-39(30-18-10-5-11-19-30)43-41(44-40)35-25-22-31(28-14-6-3-7-15-28)26-36(35)29-16-8-4-9-17-29/h3-27H,1-2H3. The minimum absolute atomic E-state index is 0.664. The maximum Gasteiger partial charge on any atom is 0.164 e. The summed E-state index contributed by atoms with van der Waals surface area (Å²) in [5, 5.41) is 2.92. The van der Waals surface area contributed by atoms with Gasteiger partial charge in [-0.3, -0.25) is 0 Å². The molecule has 0 saturated carbocycles. The lowest BCUT2D eigenvalue weighted by Crippen LogP contribution is -2.49. The van der Waals surface area contributed by atoms with Crippen molar-refractivity contribution in [3.63, 3.8) is 0 Å². The molecule has 1 aliphatic heterocycles. The summed E-state index contributed by atoms with van der Waals surface area (Å²) < 4.78 is 0. The van der Waals surface area contributed by atoms with Crippen LogP contribution >= 0.6 is 0 Å². The van der Waals surface area contributed by atoms with E-state index in [1.807, 2.05) is 18.2 Å². The first kappa shape index (κ1) is 27.1. The van der Waals surface area contributed by atoms with Crippen molar-refractivity contribution < 1.29 is 0 Å². The van der Waals surface area contributed by atoms with Crippen LogP contribution in [0.1, 0.15) is 0 Å². The molecule has 3 nitrogen and oxygen atoms in total. The molecule has 0 aliphatic carbocycles. The van der Waals surface area contributed by atoms with Gasteiger partial charge in [-0.25, -0.2) is 15.0 Å². The monoisotopic (exact) mass is 593 g/mol. The summed E-state index contributed by atoms with van der Waals surface area (Å²) in [6.07, 6.45) is 0. The third-order valence-corrected chi connectivity index (χ3v) is 12.5. The van der Waals surface area contributed by atoms with Crippen molar-refractivity contribution in [3.05, 3.63) is 152 Å². The summed E-state index contributed by atoms with van der Waals surface area (Å²) in [7, 11) is -1.86. The number of nitrogens with zero attached hydrogens (tertiary/aromatic N) is 3. The van der Waals surface area contributed by atoms with Crippen LogP contribution in [-0.4, -0.2) is 23.0 Å². The predicted molar refractivity (Wildman–Crippen MR) is 189 cm³/mol. The fraction of sp³-hybridized carbons (Fsp3) is 0.0488. The molecule has 45 heavy (non-hydrogen) atoms. The molecule has 214 valence electrons. The highest BCUT2D eigenvalue weighted by Crippen LogP contribution is 2.36. The molecule has 0 radical (unpaired) electrons. The summed E-state index contributed by atoms with van der Waals surface area (Å²) in [5.74, 6) is 2.02. The second-order valence-corrected chi connectivity index (χ2v) is 16.4.